The molecule has 1 N–H and O–H groups in total. The van der Waals surface area contributed by atoms with E-state index in [-0.39, 0.29) is 0 Å². The average Bonchev–Trinajstić information content (AvgIpc) is 2.45. The molecule has 2 heteroatoms. The van der Waals surface area contributed by atoms with Gasteiger partial charge in [0.15, 0.2) is 0 Å². The van der Waals surface area contributed by atoms with Gasteiger partial charge in [-0.05, 0) is 19.3 Å². The van der Waals surface area contributed by atoms with Gasteiger partial charge < -0.3 is 5.32 Å². The smallest absolute Gasteiger partial charge is 0.0621 e. The van der Waals surface area contributed by atoms with Crippen molar-refractivity contribution in [3.63, 3.8) is 0 Å². The van der Waals surface area contributed by atoms with Crippen LogP contribution in [0.4, 0.5) is 0 Å². The maximum absolute atomic E-state index is 8.46. The summed E-state index contributed by atoms with van der Waals surface area (Å²) in [4.78, 5) is 0. The first-order chi connectivity index (χ1) is 9.81. The maximum atomic E-state index is 8.46. The van der Waals surface area contributed by atoms with Gasteiger partial charge in [0.05, 0.1) is 6.07 Å². The van der Waals surface area contributed by atoms with Crippen molar-refractivity contribution in [1.29, 1.82) is 5.26 Å². The number of rotatable bonds is 15. The van der Waals surface area contributed by atoms with E-state index < -0.39 is 0 Å². The lowest BCUT2D eigenvalue weighted by molar-refractivity contribution is 0.550. The van der Waals surface area contributed by atoms with E-state index in [1.165, 1.54) is 64.2 Å². The Balaban J connectivity index is 3.09. The number of nitrogens with zero attached hydrogens (tertiary/aromatic N) is 1. The number of nitrogens with one attached hydrogen (secondary N) is 1. The number of hydrogen-bond acceptors (Lipinski definition) is 2. The van der Waals surface area contributed by atoms with Crippen molar-refractivity contribution < 1.29 is 0 Å². The zero-order chi connectivity index (χ0) is 14.9. The Kier molecular flexibility index (Phi) is 15.3. The van der Waals surface area contributed by atoms with Gasteiger partial charge in [-0.15, -0.1) is 0 Å². The van der Waals surface area contributed by atoms with Gasteiger partial charge in [-0.25, -0.2) is 0 Å². The summed E-state index contributed by atoms with van der Waals surface area (Å²) >= 11 is 0. The molecule has 0 fully saturated rings. The summed E-state index contributed by atoms with van der Waals surface area (Å²) < 4.78 is 0. The first-order valence-corrected chi connectivity index (χ1v) is 8.59. The minimum atomic E-state index is 0.638. The SMILES string of the molecule is C=C(CCCC#N)NCCCCCCCCCCCC. The highest BCUT2D eigenvalue weighted by Gasteiger charge is 1.95. The molecule has 2 nitrogen and oxygen atoms in total. The molecule has 0 bridgehead atoms. The molecule has 0 aliphatic heterocycles. The van der Waals surface area contributed by atoms with Crippen LogP contribution in [-0.2, 0) is 0 Å². The van der Waals surface area contributed by atoms with Crippen LogP contribution < -0.4 is 5.32 Å². The standard InChI is InChI=1S/C18H34N2/c1-3-4-5-6-7-8-9-10-11-14-17-20-18(2)15-12-13-16-19/h20H,2-15,17H2,1H3. The van der Waals surface area contributed by atoms with Crippen molar-refractivity contribution in [1.82, 2.24) is 5.32 Å². The topological polar surface area (TPSA) is 35.8 Å². The van der Waals surface area contributed by atoms with E-state index >= 15 is 0 Å². The summed E-state index contributed by atoms with van der Waals surface area (Å²) in [5, 5.41) is 11.8. The van der Waals surface area contributed by atoms with Crippen molar-refractivity contribution in [3.05, 3.63) is 12.3 Å². The number of nitriles is 1. The first kappa shape index (κ1) is 19.0. The van der Waals surface area contributed by atoms with Crippen LogP contribution in [0.25, 0.3) is 0 Å². The van der Waals surface area contributed by atoms with Gasteiger partial charge in [-0.1, -0.05) is 71.3 Å². The second kappa shape index (κ2) is 16.1. The van der Waals surface area contributed by atoms with Crippen molar-refractivity contribution in [2.75, 3.05) is 6.54 Å². The lowest BCUT2D eigenvalue weighted by atomic mass is 10.1. The molecule has 0 saturated carbocycles. The number of unbranched alkanes of at least 4 members (excludes halogenated alkanes) is 10. The monoisotopic (exact) mass is 278 g/mol. The van der Waals surface area contributed by atoms with Crippen LogP contribution >= 0.6 is 0 Å². The van der Waals surface area contributed by atoms with Crippen molar-refractivity contribution >= 4 is 0 Å². The zero-order valence-electron chi connectivity index (χ0n) is 13.6. The van der Waals surface area contributed by atoms with Gasteiger partial charge >= 0.3 is 0 Å². The Morgan fingerprint density at radius 2 is 1.45 bits per heavy atom. The molecule has 0 saturated heterocycles. The van der Waals surface area contributed by atoms with E-state index in [9.17, 15) is 0 Å². The highest BCUT2D eigenvalue weighted by Crippen LogP contribution is 2.10. The zero-order valence-corrected chi connectivity index (χ0v) is 13.6. The molecule has 0 aliphatic rings. The fourth-order valence-corrected chi connectivity index (χ4v) is 2.35. The largest absolute Gasteiger partial charge is 0.389 e. The van der Waals surface area contributed by atoms with Crippen LogP contribution in [-0.4, -0.2) is 6.54 Å². The summed E-state index contributed by atoms with van der Waals surface area (Å²) in [5.41, 5.74) is 1.09. The molecule has 20 heavy (non-hydrogen) atoms. The van der Waals surface area contributed by atoms with Gasteiger partial charge in [0.25, 0.3) is 0 Å². The van der Waals surface area contributed by atoms with Gasteiger partial charge in [-0.3, -0.25) is 0 Å². The molecule has 0 aromatic carbocycles. The third kappa shape index (κ3) is 15.1. The fraction of sp³-hybridized carbons (Fsp3) is 0.833. The highest BCUT2D eigenvalue weighted by molar-refractivity contribution is 4.91. The molecule has 0 aromatic rings. The molecular formula is C18H34N2. The summed E-state index contributed by atoms with van der Waals surface area (Å²) in [6, 6.07) is 2.17. The molecule has 0 heterocycles. The summed E-state index contributed by atoms with van der Waals surface area (Å²) in [6.07, 6.45) is 16.3. The lowest BCUT2D eigenvalue weighted by Gasteiger charge is -2.08. The Morgan fingerprint density at radius 1 is 0.900 bits per heavy atom. The summed E-state index contributed by atoms with van der Waals surface area (Å²) in [6.45, 7) is 7.30. The van der Waals surface area contributed by atoms with E-state index in [4.69, 9.17) is 5.26 Å². The van der Waals surface area contributed by atoms with Crippen molar-refractivity contribution in [2.24, 2.45) is 0 Å². The van der Waals surface area contributed by atoms with Crippen LogP contribution in [0.3, 0.4) is 0 Å². The molecule has 0 atom stereocenters. The predicted octanol–water partition coefficient (Wildman–Crippen LogP) is 5.70. The first-order valence-electron chi connectivity index (χ1n) is 8.59. The van der Waals surface area contributed by atoms with Gasteiger partial charge in [0.2, 0.25) is 0 Å². The van der Waals surface area contributed by atoms with Gasteiger partial charge in [0.1, 0.15) is 0 Å². The molecule has 0 spiro atoms. The molecule has 0 rings (SSSR count). The van der Waals surface area contributed by atoms with Crippen LogP contribution in [0.5, 0.6) is 0 Å². The van der Waals surface area contributed by atoms with Gasteiger partial charge in [-0.2, -0.15) is 5.26 Å². The van der Waals surface area contributed by atoms with Crippen LogP contribution in [0.1, 0.15) is 90.4 Å². The molecule has 0 aromatic heterocycles. The Labute approximate surface area is 126 Å². The second-order valence-corrected chi connectivity index (χ2v) is 5.72. The minimum Gasteiger partial charge on any atom is -0.389 e. The second-order valence-electron chi connectivity index (χ2n) is 5.72. The fourth-order valence-electron chi connectivity index (χ4n) is 2.35. The number of allylic oxidation sites excluding steroid dienone is 1. The van der Waals surface area contributed by atoms with Crippen molar-refractivity contribution in [2.45, 2.75) is 90.4 Å². The average molecular weight is 278 g/mol. The van der Waals surface area contributed by atoms with Crippen molar-refractivity contribution in [3.8, 4) is 6.07 Å². The highest BCUT2D eigenvalue weighted by atomic mass is 14.9. The third-order valence-corrected chi connectivity index (χ3v) is 3.67. The quantitative estimate of drug-likeness (QED) is 0.390. The summed E-state index contributed by atoms with van der Waals surface area (Å²) in [5.74, 6) is 0. The molecular weight excluding hydrogens is 244 g/mol. The summed E-state index contributed by atoms with van der Waals surface area (Å²) in [7, 11) is 0. The maximum Gasteiger partial charge on any atom is 0.0621 e. The van der Waals surface area contributed by atoms with Gasteiger partial charge in [0, 0.05) is 18.7 Å². The Bertz CT molecular complexity index is 253. The van der Waals surface area contributed by atoms with E-state index in [0.29, 0.717) is 6.42 Å². The normalized spacial score (nSPS) is 10.2. The minimum absolute atomic E-state index is 0.638. The predicted molar refractivity (Wildman–Crippen MR) is 88.5 cm³/mol. The van der Waals surface area contributed by atoms with E-state index in [1.54, 1.807) is 0 Å². The molecule has 116 valence electrons. The lowest BCUT2D eigenvalue weighted by Crippen LogP contribution is -2.13. The van der Waals surface area contributed by atoms with Crippen LogP contribution in [0.15, 0.2) is 12.3 Å². The van der Waals surface area contributed by atoms with E-state index in [2.05, 4.69) is 24.9 Å². The Hall–Kier alpha value is -0.970. The van der Waals surface area contributed by atoms with E-state index in [0.717, 1.165) is 25.1 Å². The van der Waals surface area contributed by atoms with E-state index in [1.807, 2.05) is 0 Å². The molecule has 0 radical (unpaired) electrons. The molecule has 0 unspecified atom stereocenters. The Morgan fingerprint density at radius 3 is 2.00 bits per heavy atom. The van der Waals surface area contributed by atoms with Crippen LogP contribution in [0.2, 0.25) is 0 Å². The third-order valence-electron chi connectivity index (χ3n) is 3.67. The molecule has 0 amide bonds. The number of hydrogen-bond donors (Lipinski definition) is 1. The molecule has 0 aliphatic carbocycles. The van der Waals surface area contributed by atoms with Crippen LogP contribution in [0, 0.1) is 11.3 Å².